The highest BCUT2D eigenvalue weighted by Crippen LogP contribution is 2.42. The normalized spacial score (nSPS) is 14.7. The molecule has 0 radical (unpaired) electrons. The molecule has 36 heavy (non-hydrogen) atoms. The highest BCUT2D eigenvalue weighted by Gasteiger charge is 2.23. The van der Waals surface area contributed by atoms with E-state index in [9.17, 15) is 9.90 Å². The van der Waals surface area contributed by atoms with E-state index >= 15 is 0 Å². The lowest BCUT2D eigenvalue weighted by Crippen LogP contribution is -2.36. The highest BCUT2D eigenvalue weighted by molar-refractivity contribution is 7.23. The number of anilines is 2. The Kier molecular flexibility index (Phi) is 6.77. The summed E-state index contributed by atoms with van der Waals surface area (Å²) in [7, 11) is 0. The van der Waals surface area contributed by atoms with Gasteiger partial charge in [0.1, 0.15) is 6.10 Å². The lowest BCUT2D eigenvalue weighted by molar-refractivity contribution is -0.128. The molecule has 1 aliphatic heterocycles. The fraction of sp³-hybridized carbons (Fsp3) is 0.320. The number of fused-ring (bicyclic) bond motifs is 1. The number of hydrogen-bond donors (Lipinski definition) is 3. The van der Waals surface area contributed by atoms with Gasteiger partial charge in [0, 0.05) is 36.9 Å². The summed E-state index contributed by atoms with van der Waals surface area (Å²) in [5, 5.41) is 12.2. The monoisotopic (exact) mass is 505 g/mol. The Morgan fingerprint density at radius 3 is 2.69 bits per heavy atom. The van der Waals surface area contributed by atoms with Gasteiger partial charge < -0.3 is 25.8 Å². The van der Waals surface area contributed by atoms with Crippen molar-refractivity contribution in [3.05, 3.63) is 47.8 Å². The molecule has 1 amide bonds. The Morgan fingerprint density at radius 1 is 1.22 bits per heavy atom. The molecule has 0 spiro atoms. The second kappa shape index (κ2) is 10.1. The molecule has 1 saturated heterocycles. The first kappa shape index (κ1) is 24.0. The summed E-state index contributed by atoms with van der Waals surface area (Å²) in [5.41, 5.74) is 10.3. The average molecular weight is 506 g/mol. The van der Waals surface area contributed by atoms with Gasteiger partial charge in [-0.1, -0.05) is 18.2 Å². The molecule has 1 unspecified atom stereocenters. The first-order chi connectivity index (χ1) is 17.4. The van der Waals surface area contributed by atoms with E-state index in [0.717, 1.165) is 50.7 Å². The van der Waals surface area contributed by atoms with Crippen molar-refractivity contribution in [2.24, 2.45) is 0 Å². The number of carbonyl (C=O) groups excluding carboxylic acids is 1. The van der Waals surface area contributed by atoms with Crippen molar-refractivity contribution in [3.8, 4) is 21.8 Å². The molecule has 4 heterocycles. The van der Waals surface area contributed by atoms with Crippen molar-refractivity contribution >= 4 is 39.2 Å². The lowest BCUT2D eigenvalue weighted by Gasteiger charge is -2.28. The molecule has 1 fully saturated rings. The lowest BCUT2D eigenvalue weighted by atomic mass is 10.1. The number of ether oxygens (including phenoxy) is 1. The highest BCUT2D eigenvalue weighted by atomic mass is 32.1. The van der Waals surface area contributed by atoms with E-state index in [1.807, 2.05) is 18.2 Å². The van der Waals surface area contributed by atoms with Crippen molar-refractivity contribution in [3.63, 3.8) is 0 Å². The van der Waals surface area contributed by atoms with Crippen molar-refractivity contribution in [1.29, 1.82) is 0 Å². The summed E-state index contributed by atoms with van der Waals surface area (Å²) in [6, 6.07) is 8.02. The summed E-state index contributed by atoms with van der Waals surface area (Å²) in [6.45, 7) is 6.62. The van der Waals surface area contributed by atoms with Gasteiger partial charge in [-0.3, -0.25) is 4.79 Å². The topological polar surface area (TPSA) is 139 Å². The van der Waals surface area contributed by atoms with E-state index in [1.165, 1.54) is 6.92 Å². The van der Waals surface area contributed by atoms with Crippen LogP contribution in [0.1, 0.15) is 18.1 Å². The quantitative estimate of drug-likeness (QED) is 0.361. The summed E-state index contributed by atoms with van der Waals surface area (Å²) in [6.07, 6.45) is 2.23. The largest absolute Gasteiger partial charge is 0.384 e. The van der Waals surface area contributed by atoms with Gasteiger partial charge >= 0.3 is 0 Å². The zero-order chi connectivity index (χ0) is 25.2. The van der Waals surface area contributed by atoms with E-state index in [-0.39, 0.29) is 5.95 Å². The van der Waals surface area contributed by atoms with Gasteiger partial charge in [0.2, 0.25) is 11.9 Å². The molecule has 5 rings (SSSR count). The first-order valence-corrected chi connectivity index (χ1v) is 12.5. The molecule has 0 bridgehead atoms. The number of morpholine rings is 1. The van der Waals surface area contributed by atoms with Gasteiger partial charge in [0.05, 0.1) is 29.0 Å². The Balaban J connectivity index is 1.59. The minimum atomic E-state index is -1.05. The number of thiophene rings is 1. The fourth-order valence-corrected chi connectivity index (χ4v) is 5.34. The predicted octanol–water partition coefficient (Wildman–Crippen LogP) is 2.54. The number of nitrogens with two attached hydrogens (primary N) is 1. The van der Waals surface area contributed by atoms with E-state index in [1.54, 1.807) is 23.7 Å². The van der Waals surface area contributed by atoms with Crippen LogP contribution < -0.4 is 16.0 Å². The van der Waals surface area contributed by atoms with Crippen LogP contribution in [-0.2, 0) is 16.1 Å². The molecule has 3 aromatic heterocycles. The van der Waals surface area contributed by atoms with Crippen LogP contribution in [0.5, 0.6) is 0 Å². The minimum absolute atomic E-state index is 0.201. The standard InChI is InChI=1S/C25H27N7O3S/c1-14-19-21(36-20(14)17-5-3-4-16(10-17)11-27-24(34)15(2)33)23(32-6-8-35-9-7-32)31-22(30-19)18-12-28-25(26)29-13-18/h3-5,10,12-13,15,33H,6-9,11H2,1-2H3,(H,27,34)(H2,26,28,29). The smallest absolute Gasteiger partial charge is 0.248 e. The number of nitrogen functional groups attached to an aromatic ring is 1. The van der Waals surface area contributed by atoms with Gasteiger partial charge in [-0.2, -0.15) is 0 Å². The maximum atomic E-state index is 11.8. The molecule has 1 atom stereocenters. The number of aryl methyl sites for hydroxylation is 1. The molecule has 1 aromatic carbocycles. The van der Waals surface area contributed by atoms with Gasteiger partial charge in [0.15, 0.2) is 11.6 Å². The van der Waals surface area contributed by atoms with Crippen molar-refractivity contribution < 1.29 is 14.6 Å². The van der Waals surface area contributed by atoms with Crippen molar-refractivity contribution in [2.45, 2.75) is 26.5 Å². The third kappa shape index (κ3) is 4.85. The Labute approximate surface area is 212 Å². The van der Waals surface area contributed by atoms with E-state index in [0.29, 0.717) is 31.1 Å². The molecular weight excluding hydrogens is 478 g/mol. The number of hydrogen-bond acceptors (Lipinski definition) is 10. The summed E-state index contributed by atoms with van der Waals surface area (Å²) >= 11 is 1.66. The number of nitrogens with one attached hydrogen (secondary N) is 1. The van der Waals surface area contributed by atoms with Gasteiger partial charge in [0.25, 0.3) is 0 Å². The van der Waals surface area contributed by atoms with Crippen LogP contribution in [-0.4, -0.2) is 63.4 Å². The Hall–Kier alpha value is -3.67. The van der Waals surface area contributed by atoms with E-state index < -0.39 is 12.0 Å². The number of amides is 1. The summed E-state index contributed by atoms with van der Waals surface area (Å²) in [4.78, 5) is 33.2. The molecule has 1 aliphatic rings. The van der Waals surface area contributed by atoms with Crippen LogP contribution in [0, 0.1) is 6.92 Å². The fourth-order valence-electron chi connectivity index (χ4n) is 4.08. The van der Waals surface area contributed by atoms with Crippen molar-refractivity contribution in [1.82, 2.24) is 25.3 Å². The van der Waals surface area contributed by atoms with Crippen LogP contribution >= 0.6 is 11.3 Å². The predicted molar refractivity (Wildman–Crippen MR) is 140 cm³/mol. The Morgan fingerprint density at radius 2 is 1.97 bits per heavy atom. The van der Waals surface area contributed by atoms with Gasteiger partial charge in [-0.15, -0.1) is 11.3 Å². The molecule has 0 aliphatic carbocycles. The van der Waals surface area contributed by atoms with Gasteiger partial charge in [-0.25, -0.2) is 19.9 Å². The molecule has 4 aromatic rings. The molecular formula is C25H27N7O3S. The maximum absolute atomic E-state index is 11.8. The first-order valence-electron chi connectivity index (χ1n) is 11.7. The zero-order valence-electron chi connectivity index (χ0n) is 20.1. The van der Waals surface area contributed by atoms with Crippen LogP contribution in [0.25, 0.3) is 32.0 Å². The summed E-state index contributed by atoms with van der Waals surface area (Å²) in [5.74, 6) is 1.22. The third-order valence-corrected chi connectivity index (χ3v) is 7.35. The minimum Gasteiger partial charge on any atom is -0.384 e. The second-order valence-electron chi connectivity index (χ2n) is 8.63. The Bertz CT molecular complexity index is 1400. The number of aliphatic hydroxyl groups excluding tert-OH is 1. The average Bonchev–Trinajstić information content (AvgIpc) is 3.24. The molecule has 4 N–H and O–H groups in total. The van der Waals surface area contributed by atoms with Crippen LogP contribution in [0.2, 0.25) is 0 Å². The summed E-state index contributed by atoms with van der Waals surface area (Å²) < 4.78 is 6.58. The number of benzene rings is 1. The van der Waals surface area contributed by atoms with Crippen LogP contribution in [0.15, 0.2) is 36.7 Å². The maximum Gasteiger partial charge on any atom is 0.248 e. The van der Waals surface area contributed by atoms with Gasteiger partial charge in [-0.05, 0) is 36.6 Å². The van der Waals surface area contributed by atoms with Crippen LogP contribution in [0.3, 0.4) is 0 Å². The van der Waals surface area contributed by atoms with E-state index in [4.69, 9.17) is 20.4 Å². The number of nitrogens with zero attached hydrogens (tertiary/aromatic N) is 5. The number of aromatic nitrogens is 4. The zero-order valence-corrected chi connectivity index (χ0v) is 20.9. The number of rotatable bonds is 6. The van der Waals surface area contributed by atoms with Crippen LogP contribution in [0.4, 0.5) is 11.8 Å². The number of carbonyl (C=O) groups is 1. The molecule has 186 valence electrons. The third-order valence-electron chi connectivity index (χ3n) is 6.02. The molecule has 10 nitrogen and oxygen atoms in total. The SMILES string of the molecule is Cc1c(-c2cccc(CNC(=O)C(C)O)c2)sc2c(N3CCOCC3)nc(-c3cnc(N)nc3)nc12. The molecule has 11 heteroatoms. The van der Waals surface area contributed by atoms with E-state index in [2.05, 4.69) is 33.2 Å². The number of aliphatic hydroxyl groups is 1. The van der Waals surface area contributed by atoms with Crippen molar-refractivity contribution in [2.75, 3.05) is 36.9 Å². The molecule has 0 saturated carbocycles. The second-order valence-corrected chi connectivity index (χ2v) is 9.65.